The smallest absolute Gasteiger partial charge is 0.344 e. The van der Waals surface area contributed by atoms with E-state index in [4.69, 9.17) is 25.8 Å². The molecule has 0 fully saturated rings. The van der Waals surface area contributed by atoms with E-state index in [1.807, 2.05) is 0 Å². The maximum Gasteiger partial charge on any atom is 0.344 e. The molecule has 1 aromatic rings. The van der Waals surface area contributed by atoms with Gasteiger partial charge in [-0.05, 0) is 0 Å². The normalized spacial score (nSPS) is 9.71. The monoisotopic (exact) mass is 317 g/mol. The molecule has 0 aliphatic carbocycles. The van der Waals surface area contributed by atoms with E-state index < -0.39 is 6.03 Å². The first-order chi connectivity index (χ1) is 10.1. The fraction of sp³-hybridized carbons (Fsp3) is 0.417. The Morgan fingerprint density at radius 1 is 1.24 bits per heavy atom. The minimum Gasteiger partial charge on any atom is -0.493 e. The lowest BCUT2D eigenvalue weighted by molar-refractivity contribution is 0.216. The summed E-state index contributed by atoms with van der Waals surface area (Å²) in [6, 6.07) is 2.35. The number of methoxy groups -OCH3 is 3. The van der Waals surface area contributed by atoms with Crippen LogP contribution in [0.25, 0.3) is 0 Å². The molecular formula is C12H16ClN3O5. The minimum absolute atomic E-state index is 0.00130. The van der Waals surface area contributed by atoms with Crippen LogP contribution in [0.1, 0.15) is 0 Å². The molecule has 0 unspecified atom stereocenters. The zero-order valence-corrected chi connectivity index (χ0v) is 12.6. The van der Waals surface area contributed by atoms with Crippen LogP contribution in [0.2, 0.25) is 0 Å². The third-order valence-corrected chi connectivity index (χ3v) is 2.71. The van der Waals surface area contributed by atoms with Crippen LogP contribution >= 0.6 is 11.6 Å². The van der Waals surface area contributed by atoms with Crippen molar-refractivity contribution in [2.75, 3.05) is 39.1 Å². The molecule has 21 heavy (non-hydrogen) atoms. The van der Waals surface area contributed by atoms with E-state index >= 15 is 0 Å². The number of halogens is 1. The van der Waals surface area contributed by atoms with Crippen molar-refractivity contribution in [2.45, 2.75) is 0 Å². The zero-order valence-electron chi connectivity index (χ0n) is 11.9. The van der Waals surface area contributed by atoms with Gasteiger partial charge in [0.1, 0.15) is 0 Å². The number of carbonyl (C=O) groups is 1. The highest BCUT2D eigenvalue weighted by molar-refractivity contribution is 6.18. The summed E-state index contributed by atoms with van der Waals surface area (Å²) < 4.78 is 15.5. The maximum atomic E-state index is 11.8. The topological polar surface area (TPSA) is 89.5 Å². The van der Waals surface area contributed by atoms with Crippen LogP contribution in [0.3, 0.4) is 0 Å². The fourth-order valence-corrected chi connectivity index (χ4v) is 1.76. The molecule has 0 aromatic heterocycles. The number of hydrogen-bond donors (Lipinski definition) is 1. The number of ether oxygens (including phenoxy) is 3. The van der Waals surface area contributed by atoms with Gasteiger partial charge in [0, 0.05) is 18.0 Å². The van der Waals surface area contributed by atoms with Crippen LogP contribution in [-0.4, -0.2) is 44.8 Å². The summed E-state index contributed by atoms with van der Waals surface area (Å²) in [7, 11) is 4.38. The SMILES string of the molecule is COc1cc(NC(=O)N(CCCl)N=O)cc(OC)c1OC. The Balaban J connectivity index is 3.03. The summed E-state index contributed by atoms with van der Waals surface area (Å²) in [4.78, 5) is 22.4. The van der Waals surface area contributed by atoms with E-state index in [2.05, 4.69) is 10.6 Å². The molecule has 1 rings (SSSR count). The van der Waals surface area contributed by atoms with Gasteiger partial charge in [0.2, 0.25) is 5.75 Å². The van der Waals surface area contributed by atoms with Crippen LogP contribution in [0.15, 0.2) is 17.4 Å². The molecule has 1 N–H and O–H groups in total. The van der Waals surface area contributed by atoms with Gasteiger partial charge in [-0.15, -0.1) is 16.5 Å². The molecule has 0 aliphatic heterocycles. The van der Waals surface area contributed by atoms with Crippen LogP contribution in [0, 0.1) is 4.91 Å². The summed E-state index contributed by atoms with van der Waals surface area (Å²) in [5.74, 6) is 1.23. The lowest BCUT2D eigenvalue weighted by Crippen LogP contribution is -2.31. The number of alkyl halides is 1. The molecule has 0 aliphatic rings. The lowest BCUT2D eigenvalue weighted by atomic mass is 10.2. The van der Waals surface area contributed by atoms with Crippen molar-refractivity contribution < 1.29 is 19.0 Å². The molecule has 1 aromatic carbocycles. The second-order valence-corrected chi connectivity index (χ2v) is 4.12. The number of nitrogens with zero attached hydrogens (tertiary/aromatic N) is 2. The molecule has 9 heteroatoms. The van der Waals surface area contributed by atoms with Crippen molar-refractivity contribution in [1.82, 2.24) is 5.01 Å². The molecule has 0 saturated heterocycles. The summed E-state index contributed by atoms with van der Waals surface area (Å²) in [6.07, 6.45) is 0. The minimum atomic E-state index is -0.708. The molecule has 0 bridgehead atoms. The number of carbonyl (C=O) groups excluding carboxylic acids is 1. The van der Waals surface area contributed by atoms with Gasteiger partial charge in [-0.25, -0.2) is 4.79 Å². The summed E-state index contributed by atoms with van der Waals surface area (Å²) >= 11 is 5.48. The van der Waals surface area contributed by atoms with E-state index in [1.54, 1.807) is 0 Å². The molecule has 0 radical (unpaired) electrons. The first-order valence-electron chi connectivity index (χ1n) is 5.89. The number of urea groups is 1. The third-order valence-electron chi connectivity index (χ3n) is 2.55. The first kappa shape index (κ1) is 16.8. The van der Waals surface area contributed by atoms with Crippen molar-refractivity contribution in [3.05, 3.63) is 17.0 Å². The van der Waals surface area contributed by atoms with Gasteiger partial charge in [-0.2, -0.15) is 5.01 Å². The predicted octanol–water partition coefficient (Wildman–Crippen LogP) is 2.47. The maximum absolute atomic E-state index is 11.8. The Labute approximate surface area is 126 Å². The second-order valence-electron chi connectivity index (χ2n) is 3.74. The Morgan fingerprint density at radius 2 is 1.81 bits per heavy atom. The first-order valence-corrected chi connectivity index (χ1v) is 6.42. The van der Waals surface area contributed by atoms with Crippen LogP contribution in [0.5, 0.6) is 17.2 Å². The van der Waals surface area contributed by atoms with E-state index in [0.717, 1.165) is 0 Å². The fourth-order valence-electron chi connectivity index (χ4n) is 1.60. The highest BCUT2D eigenvalue weighted by Gasteiger charge is 2.17. The number of nitroso groups, excluding NO2 is 1. The highest BCUT2D eigenvalue weighted by atomic mass is 35.5. The third kappa shape index (κ3) is 4.12. The number of nitrogens with one attached hydrogen (secondary N) is 1. The van der Waals surface area contributed by atoms with E-state index in [0.29, 0.717) is 27.9 Å². The van der Waals surface area contributed by atoms with E-state index in [1.165, 1.54) is 33.5 Å². The average Bonchev–Trinajstić information content (AvgIpc) is 2.51. The number of rotatable bonds is 7. The van der Waals surface area contributed by atoms with Gasteiger partial charge < -0.3 is 19.5 Å². The Kier molecular flexibility index (Phi) is 6.54. The van der Waals surface area contributed by atoms with Crippen molar-refractivity contribution in [1.29, 1.82) is 0 Å². The number of hydrogen-bond acceptors (Lipinski definition) is 6. The Hall–Kier alpha value is -2.22. The summed E-state index contributed by atoms with van der Waals surface area (Å²) in [5, 5.41) is 5.77. The quantitative estimate of drug-likeness (QED) is 0.474. The highest BCUT2D eigenvalue weighted by Crippen LogP contribution is 2.39. The van der Waals surface area contributed by atoms with Gasteiger partial charge in [-0.1, -0.05) is 0 Å². The molecule has 116 valence electrons. The van der Waals surface area contributed by atoms with Crippen LogP contribution < -0.4 is 19.5 Å². The average molecular weight is 318 g/mol. The number of anilines is 1. The molecule has 0 saturated carbocycles. The van der Waals surface area contributed by atoms with Crippen molar-refractivity contribution in [3.8, 4) is 17.2 Å². The lowest BCUT2D eigenvalue weighted by Gasteiger charge is -2.16. The molecule has 0 spiro atoms. The van der Waals surface area contributed by atoms with Gasteiger partial charge in [0.15, 0.2) is 11.5 Å². The van der Waals surface area contributed by atoms with Crippen molar-refractivity contribution >= 4 is 23.3 Å². The van der Waals surface area contributed by atoms with Crippen LogP contribution in [0.4, 0.5) is 10.5 Å². The van der Waals surface area contributed by atoms with Crippen molar-refractivity contribution in [3.63, 3.8) is 0 Å². The van der Waals surface area contributed by atoms with Gasteiger partial charge in [-0.3, -0.25) is 0 Å². The molecule has 0 atom stereocenters. The Bertz CT molecular complexity index is 487. The molecule has 0 heterocycles. The van der Waals surface area contributed by atoms with Gasteiger partial charge in [0.25, 0.3) is 0 Å². The van der Waals surface area contributed by atoms with Gasteiger partial charge in [0.05, 0.1) is 38.8 Å². The molecule has 8 nitrogen and oxygen atoms in total. The van der Waals surface area contributed by atoms with E-state index in [-0.39, 0.29) is 12.4 Å². The second kappa shape index (κ2) is 8.15. The summed E-state index contributed by atoms with van der Waals surface area (Å²) in [6.45, 7) is 0.00130. The number of amides is 2. The standard InChI is InChI=1S/C12H16ClN3O5/c1-19-9-6-8(7-10(20-2)11(9)21-3)14-12(17)16(15-18)5-4-13/h6-7H,4-5H2,1-3H3,(H,14,17). The van der Waals surface area contributed by atoms with Crippen molar-refractivity contribution in [2.24, 2.45) is 5.29 Å². The summed E-state index contributed by atoms with van der Waals surface area (Å²) in [5.41, 5.74) is 0.359. The number of benzene rings is 1. The molecule has 2 amide bonds. The predicted molar refractivity (Wildman–Crippen MR) is 78.3 cm³/mol. The molecular weight excluding hydrogens is 302 g/mol. The van der Waals surface area contributed by atoms with Crippen LogP contribution in [-0.2, 0) is 0 Å². The van der Waals surface area contributed by atoms with Gasteiger partial charge >= 0.3 is 6.03 Å². The van der Waals surface area contributed by atoms with E-state index in [9.17, 15) is 9.70 Å². The zero-order chi connectivity index (χ0) is 15.8. The largest absolute Gasteiger partial charge is 0.493 e. The Morgan fingerprint density at radius 3 is 2.19 bits per heavy atom.